The number of nitrogens with one attached hydrogen (secondary N) is 1. The molecule has 1 aromatic heterocycles. The van der Waals surface area contributed by atoms with Gasteiger partial charge in [-0.1, -0.05) is 13.8 Å². The number of hydrogen-bond donors (Lipinski definition) is 1. The Bertz CT molecular complexity index is 504. The van der Waals surface area contributed by atoms with Crippen molar-refractivity contribution in [3.05, 3.63) is 24.5 Å². The van der Waals surface area contributed by atoms with Crippen LogP contribution in [0, 0.1) is 5.92 Å². The van der Waals surface area contributed by atoms with E-state index < -0.39 is 6.04 Å². The lowest BCUT2D eigenvalue weighted by molar-refractivity contribution is -0.140. The van der Waals surface area contributed by atoms with Crippen molar-refractivity contribution in [1.82, 2.24) is 15.2 Å². The van der Waals surface area contributed by atoms with E-state index in [-0.39, 0.29) is 23.8 Å². The highest BCUT2D eigenvalue weighted by atomic mass is 16.5. The maximum atomic E-state index is 12.3. The highest BCUT2D eigenvalue weighted by Gasteiger charge is 2.40. The largest absolute Gasteiger partial charge is 0.487 e. The van der Waals surface area contributed by atoms with Crippen LogP contribution in [0.5, 0.6) is 5.75 Å². The average Bonchev–Trinajstić information content (AvgIpc) is 2.90. The van der Waals surface area contributed by atoms with Crippen LogP contribution in [-0.2, 0) is 9.59 Å². The number of pyridine rings is 1. The van der Waals surface area contributed by atoms with Crippen LogP contribution in [0.4, 0.5) is 0 Å². The molecule has 2 heterocycles. The molecule has 0 radical (unpaired) electrons. The summed E-state index contributed by atoms with van der Waals surface area (Å²) in [4.78, 5) is 29.8. The van der Waals surface area contributed by atoms with Gasteiger partial charge in [-0.05, 0) is 12.1 Å². The number of carbonyl (C=O) groups excluding carboxylic acids is 2. The first-order chi connectivity index (χ1) is 10.0. The fourth-order valence-electron chi connectivity index (χ4n) is 2.48. The first kappa shape index (κ1) is 15.3. The van der Waals surface area contributed by atoms with E-state index in [1.54, 1.807) is 30.4 Å². The predicted molar refractivity (Wildman–Crippen MR) is 77.7 cm³/mol. The molecule has 1 aliphatic heterocycles. The Morgan fingerprint density at radius 2 is 2.24 bits per heavy atom. The number of likely N-dealkylation sites (N-methyl/N-ethyl adjacent to an activating group) is 1. The molecule has 0 bridgehead atoms. The maximum absolute atomic E-state index is 12.3. The Kier molecular flexibility index (Phi) is 4.77. The number of ether oxygens (including phenoxy) is 1. The lowest BCUT2D eigenvalue weighted by Gasteiger charge is -2.24. The van der Waals surface area contributed by atoms with E-state index in [1.165, 1.54) is 0 Å². The Labute approximate surface area is 124 Å². The molecule has 6 nitrogen and oxygen atoms in total. The zero-order valence-electron chi connectivity index (χ0n) is 12.6. The minimum atomic E-state index is -0.466. The number of likely N-dealkylation sites (tertiary alicyclic amines) is 1. The van der Waals surface area contributed by atoms with Gasteiger partial charge in [0.2, 0.25) is 11.8 Å². The van der Waals surface area contributed by atoms with E-state index in [1.807, 2.05) is 19.9 Å². The molecule has 21 heavy (non-hydrogen) atoms. The van der Waals surface area contributed by atoms with Crippen LogP contribution in [-0.4, -0.2) is 47.4 Å². The van der Waals surface area contributed by atoms with Gasteiger partial charge in [0.25, 0.3) is 0 Å². The quantitative estimate of drug-likeness (QED) is 0.892. The van der Waals surface area contributed by atoms with Gasteiger partial charge in [-0.2, -0.15) is 0 Å². The molecule has 1 saturated heterocycles. The number of hydrogen-bond acceptors (Lipinski definition) is 4. The summed E-state index contributed by atoms with van der Waals surface area (Å²) in [6.07, 6.45) is 3.59. The van der Waals surface area contributed by atoms with E-state index in [4.69, 9.17) is 4.74 Å². The van der Waals surface area contributed by atoms with Crippen molar-refractivity contribution in [2.24, 2.45) is 5.92 Å². The monoisotopic (exact) mass is 291 g/mol. The molecule has 1 fully saturated rings. The van der Waals surface area contributed by atoms with Gasteiger partial charge in [0.1, 0.15) is 17.9 Å². The summed E-state index contributed by atoms with van der Waals surface area (Å²) in [5.74, 6) is 0.327. The van der Waals surface area contributed by atoms with Gasteiger partial charge < -0.3 is 15.0 Å². The minimum Gasteiger partial charge on any atom is -0.487 e. The SMILES string of the molecule is CNC(=O)[C@@H]1C[C@H](Oc2cccnc2)CN1C(=O)C(C)C. The molecule has 6 heteroatoms. The predicted octanol–water partition coefficient (Wildman–Crippen LogP) is 0.832. The van der Waals surface area contributed by atoms with Crippen molar-refractivity contribution in [3.8, 4) is 5.75 Å². The van der Waals surface area contributed by atoms with Crippen molar-refractivity contribution in [2.75, 3.05) is 13.6 Å². The maximum Gasteiger partial charge on any atom is 0.242 e. The molecule has 1 aromatic rings. The van der Waals surface area contributed by atoms with Gasteiger partial charge in [-0.3, -0.25) is 14.6 Å². The van der Waals surface area contributed by atoms with Crippen molar-refractivity contribution in [2.45, 2.75) is 32.4 Å². The standard InChI is InChI=1S/C15H21N3O3/c1-10(2)15(20)18-9-12(7-13(18)14(19)16-3)21-11-5-4-6-17-8-11/h4-6,8,10,12-13H,7,9H2,1-3H3,(H,16,19)/t12-,13-/m0/s1. The first-order valence-corrected chi connectivity index (χ1v) is 7.11. The summed E-state index contributed by atoms with van der Waals surface area (Å²) in [6, 6.07) is 3.14. The molecule has 1 aliphatic rings. The molecule has 0 unspecified atom stereocenters. The molecule has 2 rings (SSSR count). The van der Waals surface area contributed by atoms with E-state index in [9.17, 15) is 9.59 Å². The van der Waals surface area contributed by atoms with Gasteiger partial charge in [0.05, 0.1) is 12.7 Å². The zero-order valence-corrected chi connectivity index (χ0v) is 12.6. The third kappa shape index (κ3) is 3.51. The van der Waals surface area contributed by atoms with Gasteiger partial charge >= 0.3 is 0 Å². The molecule has 0 saturated carbocycles. The molecule has 0 aromatic carbocycles. The van der Waals surface area contributed by atoms with Crippen molar-refractivity contribution in [3.63, 3.8) is 0 Å². The van der Waals surface area contributed by atoms with E-state index in [0.29, 0.717) is 18.7 Å². The molecular weight excluding hydrogens is 270 g/mol. The summed E-state index contributed by atoms with van der Waals surface area (Å²) < 4.78 is 5.82. The normalized spacial score (nSPS) is 21.4. The first-order valence-electron chi connectivity index (χ1n) is 7.11. The lowest BCUT2D eigenvalue weighted by Crippen LogP contribution is -2.46. The van der Waals surface area contributed by atoms with Crippen LogP contribution in [0.2, 0.25) is 0 Å². The van der Waals surface area contributed by atoms with Crippen LogP contribution < -0.4 is 10.1 Å². The number of aromatic nitrogens is 1. The third-order valence-corrected chi connectivity index (χ3v) is 3.53. The van der Waals surface area contributed by atoms with Crippen molar-refractivity contribution in [1.29, 1.82) is 0 Å². The minimum absolute atomic E-state index is 0.0270. The van der Waals surface area contributed by atoms with Crippen LogP contribution in [0.15, 0.2) is 24.5 Å². The summed E-state index contributed by atoms with van der Waals surface area (Å²) in [7, 11) is 1.58. The molecule has 2 atom stereocenters. The van der Waals surface area contributed by atoms with E-state index >= 15 is 0 Å². The molecule has 114 valence electrons. The Balaban J connectivity index is 2.10. The zero-order chi connectivity index (χ0) is 15.4. The van der Waals surface area contributed by atoms with Gasteiger partial charge in [0, 0.05) is 25.6 Å². The van der Waals surface area contributed by atoms with E-state index in [0.717, 1.165) is 0 Å². The summed E-state index contributed by atoms with van der Waals surface area (Å²) >= 11 is 0. The molecule has 2 amide bonds. The van der Waals surface area contributed by atoms with Crippen LogP contribution in [0.25, 0.3) is 0 Å². The molecule has 1 N–H and O–H groups in total. The fourth-order valence-corrected chi connectivity index (χ4v) is 2.48. The second-order valence-electron chi connectivity index (χ2n) is 5.44. The van der Waals surface area contributed by atoms with Crippen LogP contribution in [0.3, 0.4) is 0 Å². The average molecular weight is 291 g/mol. The molecule has 0 aliphatic carbocycles. The Hall–Kier alpha value is -2.11. The summed E-state index contributed by atoms with van der Waals surface area (Å²) in [5, 5.41) is 2.61. The van der Waals surface area contributed by atoms with Crippen LogP contribution in [0.1, 0.15) is 20.3 Å². The topological polar surface area (TPSA) is 71.5 Å². The number of amides is 2. The summed E-state index contributed by atoms with van der Waals surface area (Å²) in [5.41, 5.74) is 0. The highest BCUT2D eigenvalue weighted by Crippen LogP contribution is 2.24. The number of rotatable bonds is 4. The lowest BCUT2D eigenvalue weighted by atomic mass is 10.1. The molecule has 0 spiro atoms. The Morgan fingerprint density at radius 3 is 2.81 bits per heavy atom. The van der Waals surface area contributed by atoms with E-state index in [2.05, 4.69) is 10.3 Å². The second-order valence-corrected chi connectivity index (χ2v) is 5.44. The smallest absolute Gasteiger partial charge is 0.242 e. The van der Waals surface area contributed by atoms with Gasteiger partial charge in [-0.25, -0.2) is 0 Å². The summed E-state index contributed by atoms with van der Waals surface area (Å²) in [6.45, 7) is 4.08. The van der Waals surface area contributed by atoms with Gasteiger partial charge in [-0.15, -0.1) is 0 Å². The fraction of sp³-hybridized carbons (Fsp3) is 0.533. The van der Waals surface area contributed by atoms with Crippen molar-refractivity contribution >= 4 is 11.8 Å². The van der Waals surface area contributed by atoms with Crippen molar-refractivity contribution < 1.29 is 14.3 Å². The van der Waals surface area contributed by atoms with Gasteiger partial charge in [0.15, 0.2) is 0 Å². The number of carbonyl (C=O) groups is 2. The van der Waals surface area contributed by atoms with Crippen LogP contribution >= 0.6 is 0 Å². The number of nitrogens with zero attached hydrogens (tertiary/aromatic N) is 2. The Morgan fingerprint density at radius 1 is 1.48 bits per heavy atom. The third-order valence-electron chi connectivity index (χ3n) is 3.53. The molecular formula is C15H21N3O3. The highest BCUT2D eigenvalue weighted by molar-refractivity contribution is 5.88. The second kappa shape index (κ2) is 6.56.